The molecule has 1 saturated carbocycles. The maximum absolute atomic E-state index is 4.86. The number of ether oxygens (including phenoxy) is 1. The molecule has 0 radical (unpaired) electrons. The molecule has 1 heterocycles. The van der Waals surface area contributed by atoms with E-state index < -0.39 is 0 Å². The van der Waals surface area contributed by atoms with Gasteiger partial charge in [-0.15, -0.1) is 0 Å². The molecule has 1 aliphatic carbocycles. The quantitative estimate of drug-likeness (QED) is 0.545. The normalized spacial score (nSPS) is 24.6. The smallest absolute Gasteiger partial charge is 0.0573 e. The third kappa shape index (κ3) is 3.18. The first kappa shape index (κ1) is 8.02. The van der Waals surface area contributed by atoms with Crippen molar-refractivity contribution in [1.29, 1.82) is 0 Å². The van der Waals surface area contributed by atoms with Crippen molar-refractivity contribution in [2.75, 3.05) is 27.2 Å². The lowest BCUT2D eigenvalue weighted by molar-refractivity contribution is 0.183. The van der Waals surface area contributed by atoms with Crippen LogP contribution in [0.2, 0.25) is 0 Å². The number of rotatable bonds is 1. The number of nitrogens with zero attached hydrogens (tertiary/aromatic N) is 1. The van der Waals surface area contributed by atoms with Crippen LogP contribution in [0.25, 0.3) is 0 Å². The van der Waals surface area contributed by atoms with Gasteiger partial charge in [-0.2, -0.15) is 0 Å². The molecule has 0 spiro atoms. The van der Waals surface area contributed by atoms with Crippen molar-refractivity contribution in [3.05, 3.63) is 0 Å². The fraction of sp³-hybridized carbons (Fsp3) is 1.00. The van der Waals surface area contributed by atoms with Gasteiger partial charge < -0.3 is 9.64 Å². The minimum absolute atomic E-state index is 0.634. The Morgan fingerprint density at radius 1 is 1.30 bits per heavy atom. The number of likely N-dealkylation sites (tertiary alicyclic amines) is 1. The molecule has 0 aromatic carbocycles. The Hall–Kier alpha value is -0.0800. The second-order valence-electron chi connectivity index (χ2n) is 3.09. The molecule has 0 bridgehead atoms. The van der Waals surface area contributed by atoms with Gasteiger partial charge in [0.25, 0.3) is 0 Å². The van der Waals surface area contributed by atoms with Crippen molar-refractivity contribution in [2.45, 2.75) is 25.4 Å². The fourth-order valence-electron chi connectivity index (χ4n) is 0.778. The molecular formula is C8H17NO. The van der Waals surface area contributed by atoms with E-state index in [1.807, 2.05) is 0 Å². The largest absolute Gasteiger partial charge is 0.381 e. The van der Waals surface area contributed by atoms with Crippen molar-refractivity contribution >= 4 is 0 Å². The monoisotopic (exact) mass is 143 g/mol. The van der Waals surface area contributed by atoms with Crippen LogP contribution in [-0.2, 0) is 4.74 Å². The second kappa shape index (κ2) is 3.94. The van der Waals surface area contributed by atoms with Gasteiger partial charge in [0.05, 0.1) is 6.10 Å². The molecule has 2 rings (SSSR count). The molecule has 1 aliphatic heterocycles. The molecule has 2 nitrogen and oxygen atoms in total. The molecule has 10 heavy (non-hydrogen) atoms. The van der Waals surface area contributed by atoms with Crippen molar-refractivity contribution in [3.8, 4) is 0 Å². The van der Waals surface area contributed by atoms with Gasteiger partial charge in [0, 0.05) is 7.11 Å². The summed E-state index contributed by atoms with van der Waals surface area (Å²) in [5, 5.41) is 0. The Kier molecular flexibility index (Phi) is 3.16. The Morgan fingerprint density at radius 3 is 1.80 bits per heavy atom. The fourth-order valence-corrected chi connectivity index (χ4v) is 0.778. The lowest BCUT2D eigenvalue weighted by atomic mass is 10.3. The van der Waals surface area contributed by atoms with Crippen molar-refractivity contribution < 1.29 is 4.74 Å². The zero-order valence-electron chi connectivity index (χ0n) is 6.97. The van der Waals surface area contributed by atoms with Crippen LogP contribution in [0.15, 0.2) is 0 Å². The SMILES string of the molecule is CN1CCC1.COC1CC1. The van der Waals surface area contributed by atoms with Gasteiger partial charge in [0.2, 0.25) is 0 Å². The third-order valence-electron chi connectivity index (χ3n) is 1.94. The summed E-state index contributed by atoms with van der Waals surface area (Å²) in [5.41, 5.74) is 0. The molecule has 0 unspecified atom stereocenters. The predicted octanol–water partition coefficient (Wildman–Crippen LogP) is 1.12. The maximum Gasteiger partial charge on any atom is 0.0573 e. The summed E-state index contributed by atoms with van der Waals surface area (Å²) in [6, 6.07) is 0. The van der Waals surface area contributed by atoms with E-state index in [9.17, 15) is 0 Å². The predicted molar refractivity (Wildman–Crippen MR) is 42.1 cm³/mol. The Morgan fingerprint density at radius 2 is 1.80 bits per heavy atom. The van der Waals surface area contributed by atoms with Gasteiger partial charge >= 0.3 is 0 Å². The van der Waals surface area contributed by atoms with Gasteiger partial charge in [-0.3, -0.25) is 0 Å². The van der Waals surface area contributed by atoms with E-state index in [-0.39, 0.29) is 0 Å². The first-order valence-corrected chi connectivity index (χ1v) is 4.04. The van der Waals surface area contributed by atoms with Crippen LogP contribution in [0.3, 0.4) is 0 Å². The number of hydrogen-bond donors (Lipinski definition) is 0. The minimum Gasteiger partial charge on any atom is -0.381 e. The van der Waals surface area contributed by atoms with Gasteiger partial charge in [-0.05, 0) is 39.4 Å². The Labute approximate surface area is 63.2 Å². The first-order chi connectivity index (χ1) is 4.83. The van der Waals surface area contributed by atoms with Gasteiger partial charge in [-0.25, -0.2) is 0 Å². The summed E-state index contributed by atoms with van der Waals surface area (Å²) in [6.45, 7) is 2.64. The minimum atomic E-state index is 0.634. The highest BCUT2D eigenvalue weighted by molar-refractivity contribution is 4.71. The van der Waals surface area contributed by atoms with Crippen LogP contribution in [-0.4, -0.2) is 38.3 Å². The molecule has 2 fully saturated rings. The zero-order valence-corrected chi connectivity index (χ0v) is 6.97. The van der Waals surface area contributed by atoms with Crippen LogP contribution >= 0.6 is 0 Å². The van der Waals surface area contributed by atoms with Crippen molar-refractivity contribution in [3.63, 3.8) is 0 Å². The molecule has 0 aromatic heterocycles. The number of methoxy groups -OCH3 is 1. The summed E-state index contributed by atoms with van der Waals surface area (Å²) < 4.78 is 4.86. The molecule has 2 aliphatic rings. The number of hydrogen-bond acceptors (Lipinski definition) is 2. The average Bonchev–Trinajstić information content (AvgIpc) is 2.66. The average molecular weight is 143 g/mol. The van der Waals surface area contributed by atoms with E-state index in [4.69, 9.17) is 4.74 Å². The molecule has 2 heteroatoms. The molecule has 0 amide bonds. The highest BCUT2D eigenvalue weighted by Gasteiger charge is 2.19. The second-order valence-corrected chi connectivity index (χ2v) is 3.09. The topological polar surface area (TPSA) is 12.5 Å². The summed E-state index contributed by atoms with van der Waals surface area (Å²) in [6.07, 6.45) is 4.62. The van der Waals surface area contributed by atoms with Crippen molar-refractivity contribution in [1.82, 2.24) is 4.90 Å². The molecule has 0 atom stereocenters. The third-order valence-corrected chi connectivity index (χ3v) is 1.94. The summed E-state index contributed by atoms with van der Waals surface area (Å²) in [7, 11) is 3.90. The van der Waals surface area contributed by atoms with E-state index in [1.165, 1.54) is 32.4 Å². The molecular weight excluding hydrogens is 126 g/mol. The van der Waals surface area contributed by atoms with Crippen LogP contribution in [0, 0.1) is 0 Å². The summed E-state index contributed by atoms with van der Waals surface area (Å²) >= 11 is 0. The van der Waals surface area contributed by atoms with E-state index in [0.29, 0.717) is 6.10 Å². The summed E-state index contributed by atoms with van der Waals surface area (Å²) in [5.74, 6) is 0. The lowest BCUT2D eigenvalue weighted by Crippen LogP contribution is -2.32. The Bertz CT molecular complexity index is 87.3. The molecule has 1 saturated heterocycles. The van der Waals surface area contributed by atoms with E-state index in [2.05, 4.69) is 11.9 Å². The van der Waals surface area contributed by atoms with Crippen LogP contribution in [0.1, 0.15) is 19.3 Å². The van der Waals surface area contributed by atoms with Gasteiger partial charge in [0.1, 0.15) is 0 Å². The van der Waals surface area contributed by atoms with Crippen LogP contribution in [0.5, 0.6) is 0 Å². The van der Waals surface area contributed by atoms with Gasteiger partial charge in [-0.1, -0.05) is 0 Å². The molecule has 0 N–H and O–H groups in total. The zero-order chi connectivity index (χ0) is 7.40. The molecule has 60 valence electrons. The van der Waals surface area contributed by atoms with E-state index in [0.717, 1.165) is 0 Å². The van der Waals surface area contributed by atoms with Crippen molar-refractivity contribution in [2.24, 2.45) is 0 Å². The highest BCUT2D eigenvalue weighted by Crippen LogP contribution is 2.21. The van der Waals surface area contributed by atoms with E-state index >= 15 is 0 Å². The van der Waals surface area contributed by atoms with Gasteiger partial charge in [0.15, 0.2) is 0 Å². The molecule has 0 aromatic rings. The first-order valence-electron chi connectivity index (χ1n) is 4.04. The van der Waals surface area contributed by atoms with Crippen LogP contribution < -0.4 is 0 Å². The van der Waals surface area contributed by atoms with Crippen LogP contribution in [0.4, 0.5) is 0 Å². The van der Waals surface area contributed by atoms with E-state index in [1.54, 1.807) is 7.11 Å². The standard InChI is InChI=1S/C4H9N.C4H8O/c1-5-3-2-4-5;1-5-4-2-3-4/h2-4H2,1H3;4H,2-3H2,1H3. The lowest BCUT2D eigenvalue weighted by Gasteiger charge is -2.24. The Balaban J connectivity index is 0.0000001000. The summed E-state index contributed by atoms with van der Waals surface area (Å²) in [4.78, 5) is 2.31. The maximum atomic E-state index is 4.86. The highest BCUT2D eigenvalue weighted by atomic mass is 16.5.